The number of hydrogen-bond donors (Lipinski definition) is 2. The number of nitrogens with one attached hydrogen (secondary N) is 2. The van der Waals surface area contributed by atoms with Crippen LogP contribution >= 0.6 is 11.3 Å². The first-order valence-electron chi connectivity index (χ1n) is 6.10. The maximum Gasteiger partial charge on any atom is 0.273 e. The SMILES string of the molecule is Cc1ncc(S(=O)(=O)Nc2ccc(-c3ccn[nH]3)cc2)s1. The van der Waals surface area contributed by atoms with Gasteiger partial charge in [-0.05, 0) is 30.7 Å². The molecule has 21 heavy (non-hydrogen) atoms. The summed E-state index contributed by atoms with van der Waals surface area (Å²) in [4.78, 5) is 3.96. The third kappa shape index (κ3) is 2.96. The predicted octanol–water partition coefficient (Wildman–Crippen LogP) is 2.64. The number of aryl methyl sites for hydroxylation is 1. The van der Waals surface area contributed by atoms with Crippen LogP contribution in [0.3, 0.4) is 0 Å². The molecule has 0 unspecified atom stereocenters. The van der Waals surface area contributed by atoms with Crippen molar-refractivity contribution in [3.05, 3.63) is 47.7 Å². The van der Waals surface area contributed by atoms with Crippen molar-refractivity contribution >= 4 is 27.0 Å². The first-order chi connectivity index (χ1) is 10.0. The zero-order valence-corrected chi connectivity index (χ0v) is 12.7. The largest absolute Gasteiger partial charge is 0.279 e. The lowest BCUT2D eigenvalue weighted by Gasteiger charge is -2.06. The zero-order chi connectivity index (χ0) is 14.9. The third-order valence-corrected chi connectivity index (χ3v) is 5.57. The average Bonchev–Trinajstić information content (AvgIpc) is 3.10. The van der Waals surface area contributed by atoms with Crippen LogP contribution in [0, 0.1) is 6.92 Å². The Morgan fingerprint density at radius 2 is 1.95 bits per heavy atom. The lowest BCUT2D eigenvalue weighted by Crippen LogP contribution is -2.11. The van der Waals surface area contributed by atoms with Gasteiger partial charge in [0.2, 0.25) is 0 Å². The summed E-state index contributed by atoms with van der Waals surface area (Å²) < 4.78 is 27.1. The van der Waals surface area contributed by atoms with Gasteiger partial charge in [0.15, 0.2) is 4.21 Å². The molecule has 108 valence electrons. The molecule has 0 spiro atoms. The molecule has 0 saturated heterocycles. The van der Waals surface area contributed by atoms with Gasteiger partial charge in [0.1, 0.15) is 0 Å². The van der Waals surface area contributed by atoms with Crippen molar-refractivity contribution in [2.24, 2.45) is 0 Å². The molecule has 6 nitrogen and oxygen atoms in total. The minimum Gasteiger partial charge on any atom is -0.279 e. The van der Waals surface area contributed by atoms with Gasteiger partial charge in [-0.1, -0.05) is 12.1 Å². The molecule has 3 aromatic rings. The number of hydrogen-bond acceptors (Lipinski definition) is 5. The van der Waals surface area contributed by atoms with E-state index in [1.807, 2.05) is 18.2 Å². The van der Waals surface area contributed by atoms with Gasteiger partial charge >= 0.3 is 0 Å². The molecule has 0 fully saturated rings. The van der Waals surface area contributed by atoms with Crippen LogP contribution in [0.1, 0.15) is 5.01 Å². The molecule has 0 radical (unpaired) electrons. The summed E-state index contributed by atoms with van der Waals surface area (Å²) in [5.41, 5.74) is 2.32. The molecule has 2 aromatic heterocycles. The fraction of sp³-hybridized carbons (Fsp3) is 0.0769. The Bertz CT molecular complexity index is 837. The summed E-state index contributed by atoms with van der Waals surface area (Å²) in [7, 11) is -3.57. The van der Waals surface area contributed by atoms with Crippen LogP contribution in [0.15, 0.2) is 46.9 Å². The number of aromatic nitrogens is 3. The Labute approximate surface area is 125 Å². The normalized spacial score (nSPS) is 11.5. The van der Waals surface area contributed by atoms with E-state index in [1.165, 1.54) is 6.20 Å². The van der Waals surface area contributed by atoms with Gasteiger partial charge in [-0.2, -0.15) is 5.10 Å². The summed E-state index contributed by atoms with van der Waals surface area (Å²) in [6.45, 7) is 1.77. The first-order valence-corrected chi connectivity index (χ1v) is 8.40. The third-order valence-electron chi connectivity index (χ3n) is 2.81. The van der Waals surface area contributed by atoms with Gasteiger partial charge in [-0.3, -0.25) is 9.82 Å². The number of benzene rings is 1. The number of thiazole rings is 1. The highest BCUT2D eigenvalue weighted by Gasteiger charge is 2.17. The maximum absolute atomic E-state index is 12.2. The number of anilines is 1. The van der Waals surface area contributed by atoms with Gasteiger partial charge < -0.3 is 0 Å². The van der Waals surface area contributed by atoms with Crippen molar-refractivity contribution in [2.45, 2.75) is 11.1 Å². The molecule has 1 aromatic carbocycles. The van der Waals surface area contributed by atoms with Crippen LogP contribution in [0.25, 0.3) is 11.3 Å². The molecule has 2 heterocycles. The Balaban J connectivity index is 1.82. The lowest BCUT2D eigenvalue weighted by molar-refractivity contribution is 0.603. The van der Waals surface area contributed by atoms with Crippen molar-refractivity contribution in [3.63, 3.8) is 0 Å². The number of H-pyrrole nitrogens is 1. The van der Waals surface area contributed by atoms with E-state index < -0.39 is 10.0 Å². The fourth-order valence-corrected chi connectivity index (χ4v) is 3.97. The quantitative estimate of drug-likeness (QED) is 0.773. The lowest BCUT2D eigenvalue weighted by atomic mass is 10.1. The van der Waals surface area contributed by atoms with Crippen LogP contribution in [0.5, 0.6) is 0 Å². The highest BCUT2D eigenvalue weighted by atomic mass is 32.2. The molecular weight excluding hydrogens is 308 g/mol. The van der Waals surface area contributed by atoms with E-state index in [0.717, 1.165) is 22.6 Å². The number of aromatic amines is 1. The molecule has 0 aliphatic carbocycles. The smallest absolute Gasteiger partial charge is 0.273 e. The highest BCUT2D eigenvalue weighted by molar-refractivity contribution is 7.94. The standard InChI is InChI=1S/C13H12N4O2S2/c1-9-14-8-13(20-9)21(18,19)17-11-4-2-10(3-5-11)12-6-7-15-16-12/h2-8,17H,1H3,(H,15,16). The number of nitrogens with zero attached hydrogens (tertiary/aromatic N) is 2. The van der Waals surface area contributed by atoms with E-state index in [2.05, 4.69) is 19.9 Å². The summed E-state index contributed by atoms with van der Waals surface area (Å²) in [6.07, 6.45) is 3.03. The summed E-state index contributed by atoms with van der Waals surface area (Å²) >= 11 is 1.14. The topological polar surface area (TPSA) is 87.7 Å². The summed E-state index contributed by atoms with van der Waals surface area (Å²) in [6, 6.07) is 8.91. The van der Waals surface area contributed by atoms with E-state index in [4.69, 9.17) is 0 Å². The van der Waals surface area contributed by atoms with Gasteiger partial charge in [0, 0.05) is 11.9 Å². The fourth-order valence-electron chi connectivity index (χ4n) is 1.81. The van der Waals surface area contributed by atoms with Crippen molar-refractivity contribution < 1.29 is 8.42 Å². The van der Waals surface area contributed by atoms with Crippen LogP contribution in [0.2, 0.25) is 0 Å². The minimum atomic E-state index is -3.57. The van der Waals surface area contributed by atoms with Crippen molar-refractivity contribution in [1.29, 1.82) is 0 Å². The van der Waals surface area contributed by atoms with Crippen LogP contribution in [0.4, 0.5) is 5.69 Å². The Morgan fingerprint density at radius 3 is 2.52 bits per heavy atom. The van der Waals surface area contributed by atoms with E-state index in [1.54, 1.807) is 25.3 Å². The Morgan fingerprint density at radius 1 is 1.19 bits per heavy atom. The molecule has 0 aliphatic heterocycles. The molecular formula is C13H12N4O2S2. The second-order valence-corrected chi connectivity index (χ2v) is 7.50. The number of sulfonamides is 1. The summed E-state index contributed by atoms with van der Waals surface area (Å²) in [5.74, 6) is 0. The zero-order valence-electron chi connectivity index (χ0n) is 11.1. The maximum atomic E-state index is 12.2. The van der Waals surface area contributed by atoms with E-state index >= 15 is 0 Å². The van der Waals surface area contributed by atoms with E-state index in [-0.39, 0.29) is 4.21 Å². The highest BCUT2D eigenvalue weighted by Crippen LogP contribution is 2.23. The number of rotatable bonds is 4. The minimum absolute atomic E-state index is 0.206. The Hall–Kier alpha value is -2.19. The van der Waals surface area contributed by atoms with Gasteiger partial charge in [-0.25, -0.2) is 13.4 Å². The molecule has 0 bridgehead atoms. The molecule has 0 atom stereocenters. The van der Waals surface area contributed by atoms with Crippen LogP contribution in [-0.2, 0) is 10.0 Å². The van der Waals surface area contributed by atoms with Gasteiger partial charge in [-0.15, -0.1) is 11.3 Å². The summed E-state index contributed by atoms with van der Waals surface area (Å²) in [5, 5.41) is 7.45. The first kappa shape index (κ1) is 13.8. The van der Waals surface area contributed by atoms with Gasteiger partial charge in [0.05, 0.1) is 16.9 Å². The van der Waals surface area contributed by atoms with Crippen molar-refractivity contribution in [1.82, 2.24) is 15.2 Å². The monoisotopic (exact) mass is 320 g/mol. The van der Waals surface area contributed by atoms with Crippen molar-refractivity contribution in [2.75, 3.05) is 4.72 Å². The molecule has 0 amide bonds. The second kappa shape index (κ2) is 5.30. The van der Waals surface area contributed by atoms with Crippen LogP contribution in [-0.4, -0.2) is 23.6 Å². The Kier molecular flexibility index (Phi) is 3.48. The molecule has 8 heteroatoms. The molecule has 0 saturated carbocycles. The van der Waals surface area contributed by atoms with E-state index in [9.17, 15) is 8.42 Å². The van der Waals surface area contributed by atoms with Crippen molar-refractivity contribution in [3.8, 4) is 11.3 Å². The van der Waals surface area contributed by atoms with E-state index in [0.29, 0.717) is 10.7 Å². The predicted molar refractivity (Wildman–Crippen MR) is 81.7 cm³/mol. The van der Waals surface area contributed by atoms with Gasteiger partial charge in [0.25, 0.3) is 10.0 Å². The second-order valence-electron chi connectivity index (χ2n) is 4.35. The molecule has 3 rings (SSSR count). The molecule has 0 aliphatic rings. The van der Waals surface area contributed by atoms with Crippen LogP contribution < -0.4 is 4.72 Å². The average molecular weight is 320 g/mol. The molecule has 2 N–H and O–H groups in total.